The molecule has 0 saturated carbocycles. The van der Waals surface area contributed by atoms with E-state index in [1.165, 1.54) is 30.3 Å². The summed E-state index contributed by atoms with van der Waals surface area (Å²) in [6.07, 6.45) is 1.44. The van der Waals surface area contributed by atoms with Crippen LogP contribution in [0.2, 0.25) is 0 Å². The van der Waals surface area contributed by atoms with E-state index in [1.807, 2.05) is 32.0 Å². The number of carbonyl (C=O) groups is 2. The Labute approximate surface area is 223 Å². The fourth-order valence-electron chi connectivity index (χ4n) is 3.33. The zero-order valence-corrected chi connectivity index (χ0v) is 22.1. The van der Waals surface area contributed by atoms with Crippen molar-refractivity contribution in [3.05, 3.63) is 87.2 Å². The van der Waals surface area contributed by atoms with E-state index in [1.54, 1.807) is 25.1 Å². The van der Waals surface area contributed by atoms with Crippen LogP contribution in [0.15, 0.2) is 64.6 Å². The third kappa shape index (κ3) is 7.41. The maximum absolute atomic E-state index is 13.1. The summed E-state index contributed by atoms with van der Waals surface area (Å²) in [6.45, 7) is 5.61. The Morgan fingerprint density at radius 3 is 2.49 bits per heavy atom. The number of hydrogen-bond acceptors (Lipinski definition) is 5. The lowest BCUT2D eigenvalue weighted by Gasteiger charge is -2.15. The van der Waals surface area contributed by atoms with Gasteiger partial charge in [0.1, 0.15) is 17.5 Å². The van der Waals surface area contributed by atoms with Crippen LogP contribution in [0.5, 0.6) is 11.5 Å². The number of hydrogen-bond donors (Lipinski definition) is 2. The molecule has 3 aromatic carbocycles. The van der Waals surface area contributed by atoms with Gasteiger partial charge in [-0.1, -0.05) is 12.1 Å². The largest absolute Gasteiger partial charge is 0.490 e. The lowest BCUT2D eigenvalue weighted by Crippen LogP contribution is -2.20. The molecule has 3 rings (SSSR count). The van der Waals surface area contributed by atoms with Crippen molar-refractivity contribution in [2.75, 3.05) is 23.8 Å². The van der Waals surface area contributed by atoms with Gasteiger partial charge in [-0.05, 0) is 102 Å². The summed E-state index contributed by atoms with van der Waals surface area (Å²) in [4.78, 5) is 25.1. The minimum absolute atomic E-state index is 0.0948. The predicted molar refractivity (Wildman–Crippen MR) is 144 cm³/mol. The molecule has 9 heteroatoms. The maximum atomic E-state index is 13.1. The van der Waals surface area contributed by atoms with Crippen LogP contribution in [-0.2, 0) is 9.59 Å². The molecule has 0 unspecified atom stereocenters. The molecular weight excluding hydrogens is 541 g/mol. The lowest BCUT2D eigenvalue weighted by molar-refractivity contribution is -0.118. The Bertz CT molecular complexity index is 1380. The summed E-state index contributed by atoms with van der Waals surface area (Å²) < 4.78 is 24.9. The number of aryl methyl sites for hydroxylation is 1. The Morgan fingerprint density at radius 2 is 1.81 bits per heavy atom. The summed E-state index contributed by atoms with van der Waals surface area (Å²) in [5, 5.41) is 15.0. The van der Waals surface area contributed by atoms with Crippen molar-refractivity contribution in [3.8, 4) is 17.6 Å². The van der Waals surface area contributed by atoms with E-state index in [9.17, 15) is 19.2 Å². The SMILES string of the molecule is CCOc1cc(/C=C(/C#N)C(=O)Nc2cccc(C)c2C)cc(Br)c1OCC(=O)Nc1ccc(F)cc1. The van der Waals surface area contributed by atoms with Crippen molar-refractivity contribution in [1.82, 2.24) is 0 Å². The first-order chi connectivity index (χ1) is 17.7. The number of nitrogens with one attached hydrogen (secondary N) is 2. The highest BCUT2D eigenvalue weighted by atomic mass is 79.9. The Morgan fingerprint density at radius 1 is 1.08 bits per heavy atom. The van der Waals surface area contributed by atoms with Crippen molar-refractivity contribution in [1.29, 1.82) is 5.26 Å². The van der Waals surface area contributed by atoms with Gasteiger partial charge in [-0.25, -0.2) is 4.39 Å². The summed E-state index contributed by atoms with van der Waals surface area (Å²) in [5.74, 6) is -0.782. The Kier molecular flexibility index (Phi) is 9.41. The summed E-state index contributed by atoms with van der Waals surface area (Å²) in [6, 6.07) is 16.1. The molecule has 37 heavy (non-hydrogen) atoms. The van der Waals surface area contributed by atoms with E-state index in [4.69, 9.17) is 9.47 Å². The third-order valence-electron chi connectivity index (χ3n) is 5.34. The first kappa shape index (κ1) is 27.4. The van der Waals surface area contributed by atoms with Gasteiger partial charge in [0.25, 0.3) is 11.8 Å². The minimum atomic E-state index is -0.539. The molecule has 0 aromatic heterocycles. The van der Waals surface area contributed by atoms with Crippen LogP contribution in [-0.4, -0.2) is 25.0 Å². The number of carbonyl (C=O) groups excluding carboxylic acids is 2. The summed E-state index contributed by atoms with van der Waals surface area (Å²) in [7, 11) is 0. The second kappa shape index (κ2) is 12.7. The Hall–Kier alpha value is -4.16. The first-order valence-corrected chi connectivity index (χ1v) is 12.1. The normalized spacial score (nSPS) is 10.9. The summed E-state index contributed by atoms with van der Waals surface area (Å²) in [5.41, 5.74) is 3.42. The van der Waals surface area contributed by atoms with Crippen LogP contribution in [0.4, 0.5) is 15.8 Å². The quantitative estimate of drug-likeness (QED) is 0.239. The van der Waals surface area contributed by atoms with E-state index < -0.39 is 17.6 Å². The van der Waals surface area contributed by atoms with Gasteiger partial charge in [0.2, 0.25) is 0 Å². The molecule has 0 aliphatic heterocycles. The van der Waals surface area contributed by atoms with Crippen LogP contribution in [0.1, 0.15) is 23.6 Å². The first-order valence-electron chi connectivity index (χ1n) is 11.4. The lowest BCUT2D eigenvalue weighted by atomic mass is 10.1. The molecule has 0 spiro atoms. The van der Waals surface area contributed by atoms with Crippen molar-refractivity contribution in [2.45, 2.75) is 20.8 Å². The van der Waals surface area contributed by atoms with Gasteiger partial charge in [-0.3, -0.25) is 9.59 Å². The van der Waals surface area contributed by atoms with Crippen LogP contribution in [0.25, 0.3) is 6.08 Å². The number of nitriles is 1. The molecule has 0 bridgehead atoms. The summed E-state index contributed by atoms with van der Waals surface area (Å²) >= 11 is 3.42. The molecular formula is C28H25BrFN3O4. The standard InChI is InChI=1S/C28H25BrFN3O4/c1-4-36-25-14-19(12-20(15-31)28(35)33-24-7-5-6-17(2)18(24)3)13-23(29)27(25)37-16-26(34)32-22-10-8-21(30)9-11-22/h5-14H,4,16H2,1-3H3,(H,32,34)(H,33,35)/b20-12-. The fourth-order valence-corrected chi connectivity index (χ4v) is 3.91. The average molecular weight is 566 g/mol. The van der Waals surface area contributed by atoms with Crippen LogP contribution < -0.4 is 20.1 Å². The zero-order valence-electron chi connectivity index (χ0n) is 20.5. The number of nitrogens with zero attached hydrogens (tertiary/aromatic N) is 1. The van der Waals surface area contributed by atoms with E-state index in [0.717, 1.165) is 11.1 Å². The van der Waals surface area contributed by atoms with Crippen molar-refractivity contribution < 1.29 is 23.5 Å². The number of benzene rings is 3. The molecule has 0 atom stereocenters. The highest BCUT2D eigenvalue weighted by Crippen LogP contribution is 2.37. The number of rotatable bonds is 9. The smallest absolute Gasteiger partial charge is 0.266 e. The van der Waals surface area contributed by atoms with Crippen molar-refractivity contribution in [2.24, 2.45) is 0 Å². The average Bonchev–Trinajstić information content (AvgIpc) is 2.86. The molecule has 2 N–H and O–H groups in total. The zero-order chi connectivity index (χ0) is 26.9. The molecule has 0 saturated heterocycles. The van der Waals surface area contributed by atoms with Gasteiger partial charge in [0.15, 0.2) is 18.1 Å². The molecule has 3 aromatic rings. The van der Waals surface area contributed by atoms with Gasteiger partial charge < -0.3 is 20.1 Å². The van der Waals surface area contributed by atoms with E-state index in [2.05, 4.69) is 26.6 Å². The second-order valence-electron chi connectivity index (χ2n) is 7.98. The fraction of sp³-hybridized carbons (Fsp3) is 0.179. The van der Waals surface area contributed by atoms with Gasteiger partial charge in [0.05, 0.1) is 11.1 Å². The van der Waals surface area contributed by atoms with Crippen molar-refractivity contribution in [3.63, 3.8) is 0 Å². The monoisotopic (exact) mass is 565 g/mol. The van der Waals surface area contributed by atoms with E-state index in [-0.39, 0.29) is 17.9 Å². The number of amides is 2. The second-order valence-corrected chi connectivity index (χ2v) is 8.83. The number of halogens is 2. The molecule has 0 aliphatic carbocycles. The van der Waals surface area contributed by atoms with Gasteiger partial charge in [-0.15, -0.1) is 0 Å². The molecule has 0 aliphatic rings. The highest BCUT2D eigenvalue weighted by molar-refractivity contribution is 9.10. The van der Waals surface area contributed by atoms with Crippen LogP contribution >= 0.6 is 15.9 Å². The van der Waals surface area contributed by atoms with Gasteiger partial charge in [-0.2, -0.15) is 5.26 Å². The van der Waals surface area contributed by atoms with Crippen LogP contribution in [0, 0.1) is 31.0 Å². The van der Waals surface area contributed by atoms with E-state index >= 15 is 0 Å². The molecule has 2 amide bonds. The topological polar surface area (TPSA) is 100 Å². The van der Waals surface area contributed by atoms with Crippen molar-refractivity contribution >= 4 is 45.2 Å². The number of ether oxygens (including phenoxy) is 2. The molecule has 7 nitrogen and oxygen atoms in total. The molecule has 0 heterocycles. The maximum Gasteiger partial charge on any atom is 0.266 e. The third-order valence-corrected chi connectivity index (χ3v) is 5.93. The van der Waals surface area contributed by atoms with E-state index in [0.29, 0.717) is 33.8 Å². The highest BCUT2D eigenvalue weighted by Gasteiger charge is 2.16. The van der Waals surface area contributed by atoms with Gasteiger partial charge >= 0.3 is 0 Å². The van der Waals surface area contributed by atoms with Gasteiger partial charge in [0, 0.05) is 11.4 Å². The minimum Gasteiger partial charge on any atom is -0.490 e. The number of anilines is 2. The predicted octanol–water partition coefficient (Wildman–Crippen LogP) is 6.17. The molecule has 190 valence electrons. The van der Waals surface area contributed by atoms with Crippen LogP contribution in [0.3, 0.4) is 0 Å². The molecule has 0 fully saturated rings. The molecule has 0 radical (unpaired) electrons. The Balaban J connectivity index is 1.78.